The second kappa shape index (κ2) is 7.67. The van der Waals surface area contributed by atoms with Gasteiger partial charge in [0.2, 0.25) is 0 Å². The number of nitrogens with zero attached hydrogens (tertiary/aromatic N) is 1. The fourth-order valence-corrected chi connectivity index (χ4v) is 6.82. The van der Waals surface area contributed by atoms with Crippen molar-refractivity contribution in [2.24, 2.45) is 0 Å². The van der Waals surface area contributed by atoms with Crippen LogP contribution in [0, 0.1) is 0 Å². The molecule has 4 aromatic carbocycles. The van der Waals surface area contributed by atoms with Crippen molar-refractivity contribution in [3.05, 3.63) is 118 Å². The molecule has 1 aliphatic heterocycles. The number of para-hydroxylation sites is 4. The third-order valence-electron chi connectivity index (χ3n) is 6.42. The number of carbonyl (C=O) groups is 2. The standard InChI is InChI=1S/C30H17NO3Se/c32-29-21-15-18-7-1-2-8-19(18)16-22(21)30(33)23(29)17-20-13-14-28(35-20)31-24-9-3-5-11-26(24)34-27-12-6-4-10-25(27)31/h1-17H. The predicted molar refractivity (Wildman–Crippen MR) is 139 cm³/mol. The molecule has 0 radical (unpaired) electrons. The maximum absolute atomic E-state index is 13.2. The summed E-state index contributed by atoms with van der Waals surface area (Å²) in [5.74, 6) is 1.22. The van der Waals surface area contributed by atoms with E-state index in [0.29, 0.717) is 11.1 Å². The molecule has 2 aliphatic rings. The van der Waals surface area contributed by atoms with Gasteiger partial charge < -0.3 is 0 Å². The van der Waals surface area contributed by atoms with E-state index >= 15 is 0 Å². The fourth-order valence-electron chi connectivity index (χ4n) is 4.76. The van der Waals surface area contributed by atoms with Gasteiger partial charge in [0.05, 0.1) is 0 Å². The van der Waals surface area contributed by atoms with E-state index in [9.17, 15) is 9.59 Å². The van der Waals surface area contributed by atoms with E-state index in [-0.39, 0.29) is 31.6 Å². The Morgan fingerprint density at radius 2 is 1.20 bits per heavy atom. The van der Waals surface area contributed by atoms with Crippen LogP contribution in [0.4, 0.5) is 15.9 Å². The van der Waals surface area contributed by atoms with Crippen molar-refractivity contribution in [1.82, 2.24) is 0 Å². The van der Waals surface area contributed by atoms with Crippen molar-refractivity contribution in [1.29, 1.82) is 0 Å². The van der Waals surface area contributed by atoms with Crippen LogP contribution in [-0.2, 0) is 0 Å². The third-order valence-corrected chi connectivity index (χ3v) is 8.55. The van der Waals surface area contributed by atoms with E-state index in [1.807, 2.05) is 91.0 Å². The van der Waals surface area contributed by atoms with Gasteiger partial charge in [0.25, 0.3) is 0 Å². The normalized spacial score (nSPS) is 13.9. The summed E-state index contributed by atoms with van der Waals surface area (Å²) < 4.78 is 8.23. The topological polar surface area (TPSA) is 46.6 Å². The van der Waals surface area contributed by atoms with Crippen molar-refractivity contribution in [3.63, 3.8) is 0 Å². The van der Waals surface area contributed by atoms with Crippen LogP contribution in [0.15, 0.2) is 103 Å². The van der Waals surface area contributed by atoms with Gasteiger partial charge in [0, 0.05) is 0 Å². The number of hydrogen-bond donors (Lipinski definition) is 0. The van der Waals surface area contributed by atoms with Gasteiger partial charge >= 0.3 is 208 Å². The molecule has 1 aliphatic carbocycles. The summed E-state index contributed by atoms with van der Waals surface area (Å²) >= 11 is -0.0926. The zero-order valence-corrected chi connectivity index (χ0v) is 20.1. The molecule has 5 heteroatoms. The van der Waals surface area contributed by atoms with Gasteiger partial charge in [-0.2, -0.15) is 0 Å². The fraction of sp³-hybridized carbons (Fsp3) is 0. The molecule has 0 saturated heterocycles. The molecule has 0 amide bonds. The Kier molecular flexibility index (Phi) is 4.43. The zero-order valence-electron chi connectivity index (χ0n) is 18.4. The minimum atomic E-state index is -0.192. The maximum atomic E-state index is 13.2. The second-order valence-electron chi connectivity index (χ2n) is 8.51. The summed E-state index contributed by atoms with van der Waals surface area (Å²) in [4.78, 5) is 28.6. The summed E-state index contributed by atoms with van der Waals surface area (Å²) in [6, 6.07) is 31.5. The number of carbonyl (C=O) groups excluding carboxylic acids is 2. The molecule has 2 heterocycles. The summed E-state index contributed by atoms with van der Waals surface area (Å²) in [6.45, 7) is 0. The van der Waals surface area contributed by atoms with Gasteiger partial charge in [-0.05, 0) is 0 Å². The number of ether oxygens (including phenoxy) is 1. The number of allylic oxidation sites excluding steroid dienone is 1. The molecule has 0 saturated carbocycles. The second-order valence-corrected chi connectivity index (χ2v) is 10.8. The Morgan fingerprint density at radius 3 is 1.80 bits per heavy atom. The van der Waals surface area contributed by atoms with Crippen LogP contribution in [0.25, 0.3) is 16.8 Å². The van der Waals surface area contributed by atoms with Crippen molar-refractivity contribution in [2.45, 2.75) is 0 Å². The first-order chi connectivity index (χ1) is 17.2. The quantitative estimate of drug-likeness (QED) is 0.142. The van der Waals surface area contributed by atoms with Crippen molar-refractivity contribution in [2.75, 3.05) is 4.90 Å². The van der Waals surface area contributed by atoms with E-state index in [4.69, 9.17) is 4.74 Å². The molecule has 1 aromatic heterocycles. The van der Waals surface area contributed by atoms with Crippen LogP contribution in [-0.4, -0.2) is 26.1 Å². The van der Waals surface area contributed by atoms with Crippen LogP contribution in [0.5, 0.6) is 11.5 Å². The number of Topliss-reactive ketones (excluding diaryl/α,β-unsaturated/α-hetero) is 2. The Hall–Kier alpha value is -4.18. The third kappa shape index (κ3) is 3.13. The van der Waals surface area contributed by atoms with Crippen LogP contribution in [0.2, 0.25) is 0 Å². The monoisotopic (exact) mass is 519 g/mol. The molecular formula is C30H17NO3Se. The Bertz CT molecular complexity index is 1630. The average Bonchev–Trinajstić information content (AvgIpc) is 3.44. The first kappa shape index (κ1) is 20.2. The van der Waals surface area contributed by atoms with Crippen molar-refractivity contribution >= 4 is 58.9 Å². The minimum absolute atomic E-state index is 0.0926. The SMILES string of the molecule is O=C1C(=Cc2ccc(N3c4ccccc4Oc4ccccc43)[se]2)C(=O)c2cc3ccccc3cc21. The summed E-state index contributed by atoms with van der Waals surface area (Å²) in [5.41, 5.74) is 3.20. The molecule has 5 aromatic rings. The molecule has 35 heavy (non-hydrogen) atoms. The zero-order chi connectivity index (χ0) is 23.5. The molecule has 0 unspecified atom stereocenters. The molecule has 166 valence electrons. The molecule has 0 spiro atoms. The molecular weight excluding hydrogens is 501 g/mol. The van der Waals surface area contributed by atoms with E-state index < -0.39 is 0 Å². The van der Waals surface area contributed by atoms with E-state index in [2.05, 4.69) is 11.0 Å². The number of hydrogen-bond acceptors (Lipinski definition) is 4. The number of ketones is 2. The van der Waals surface area contributed by atoms with Crippen LogP contribution >= 0.6 is 0 Å². The van der Waals surface area contributed by atoms with Crippen LogP contribution in [0.3, 0.4) is 0 Å². The number of benzene rings is 4. The average molecular weight is 518 g/mol. The molecule has 0 bridgehead atoms. The first-order valence-corrected chi connectivity index (χ1v) is 13.0. The number of anilines is 3. The van der Waals surface area contributed by atoms with E-state index in [1.54, 1.807) is 6.08 Å². The summed E-state index contributed by atoms with van der Waals surface area (Å²) in [5, 5.41) is 1.93. The van der Waals surface area contributed by atoms with Gasteiger partial charge in [0.15, 0.2) is 0 Å². The van der Waals surface area contributed by atoms with Gasteiger partial charge in [-0.1, -0.05) is 0 Å². The predicted octanol–water partition coefficient (Wildman–Crippen LogP) is 6.93. The Morgan fingerprint density at radius 1 is 0.657 bits per heavy atom. The van der Waals surface area contributed by atoms with Crippen LogP contribution in [0.1, 0.15) is 25.2 Å². The Labute approximate surface area is 207 Å². The number of rotatable bonds is 2. The molecule has 0 N–H and O–H groups in total. The molecule has 0 atom stereocenters. The van der Waals surface area contributed by atoms with Crippen LogP contribution < -0.4 is 9.64 Å². The molecule has 7 rings (SSSR count). The van der Waals surface area contributed by atoms with Gasteiger partial charge in [0.1, 0.15) is 0 Å². The van der Waals surface area contributed by atoms with Crippen molar-refractivity contribution in [3.8, 4) is 11.5 Å². The summed E-state index contributed by atoms with van der Waals surface area (Å²) in [6.07, 6.45) is 1.79. The first-order valence-electron chi connectivity index (χ1n) is 11.3. The molecule has 0 fully saturated rings. The van der Waals surface area contributed by atoms with Crippen molar-refractivity contribution < 1.29 is 14.3 Å². The van der Waals surface area contributed by atoms with Gasteiger partial charge in [-0.3, -0.25) is 0 Å². The summed E-state index contributed by atoms with van der Waals surface area (Å²) in [7, 11) is 0. The molecule has 4 nitrogen and oxygen atoms in total. The number of fused-ring (bicyclic) bond motifs is 4. The van der Waals surface area contributed by atoms with E-state index in [0.717, 1.165) is 42.6 Å². The Balaban J connectivity index is 1.30. The van der Waals surface area contributed by atoms with E-state index in [1.165, 1.54) is 0 Å². The van der Waals surface area contributed by atoms with Gasteiger partial charge in [-0.25, -0.2) is 0 Å². The van der Waals surface area contributed by atoms with Gasteiger partial charge in [-0.15, -0.1) is 0 Å².